The Morgan fingerprint density at radius 2 is 1.96 bits per heavy atom. The molecule has 0 saturated carbocycles. The molecule has 1 aromatic heterocycles. The van der Waals surface area contributed by atoms with Gasteiger partial charge in [0.05, 0.1) is 0 Å². The Morgan fingerprint density at radius 3 is 2.76 bits per heavy atom. The highest BCUT2D eigenvalue weighted by atomic mass is 16.5. The zero-order chi connectivity index (χ0) is 17.1. The molecule has 3 aromatic rings. The molecule has 128 valence electrons. The minimum absolute atomic E-state index is 0.00160. The Kier molecular flexibility index (Phi) is 4.53. The largest absolute Gasteiger partial charge is 0.368 e. The Bertz CT molecular complexity index is 850. The summed E-state index contributed by atoms with van der Waals surface area (Å²) < 4.78 is 5.50. The predicted molar refractivity (Wildman–Crippen MR) is 98.6 cm³/mol. The van der Waals surface area contributed by atoms with E-state index in [4.69, 9.17) is 4.74 Å². The maximum atomic E-state index is 12.4. The molecule has 2 heterocycles. The molecule has 0 unspecified atom stereocenters. The van der Waals surface area contributed by atoms with E-state index in [-0.39, 0.29) is 17.9 Å². The van der Waals surface area contributed by atoms with E-state index in [0.29, 0.717) is 13.2 Å². The van der Waals surface area contributed by atoms with Crippen LogP contribution in [0, 0.1) is 0 Å². The van der Waals surface area contributed by atoms with Crippen LogP contribution in [0.3, 0.4) is 0 Å². The van der Waals surface area contributed by atoms with Gasteiger partial charge in [-0.2, -0.15) is 0 Å². The zero-order valence-corrected chi connectivity index (χ0v) is 14.1. The van der Waals surface area contributed by atoms with Crippen LogP contribution in [0.25, 0.3) is 10.9 Å². The molecule has 25 heavy (non-hydrogen) atoms. The van der Waals surface area contributed by atoms with Crippen LogP contribution in [0.5, 0.6) is 0 Å². The minimum Gasteiger partial charge on any atom is -0.368 e. The number of hydrogen-bond acceptors (Lipinski definition) is 2. The third-order valence-electron chi connectivity index (χ3n) is 4.90. The Labute approximate surface area is 147 Å². The second-order valence-corrected chi connectivity index (χ2v) is 6.50. The quantitative estimate of drug-likeness (QED) is 0.749. The van der Waals surface area contributed by atoms with Gasteiger partial charge < -0.3 is 15.0 Å². The van der Waals surface area contributed by atoms with Crippen molar-refractivity contribution >= 4 is 16.8 Å². The molecule has 2 atom stereocenters. The van der Waals surface area contributed by atoms with Crippen molar-refractivity contribution < 1.29 is 9.53 Å². The van der Waals surface area contributed by atoms with Crippen molar-refractivity contribution in [1.82, 2.24) is 10.3 Å². The van der Waals surface area contributed by atoms with Gasteiger partial charge in [-0.3, -0.25) is 4.79 Å². The van der Waals surface area contributed by atoms with Crippen molar-refractivity contribution in [2.45, 2.75) is 24.9 Å². The van der Waals surface area contributed by atoms with Crippen molar-refractivity contribution in [2.24, 2.45) is 0 Å². The van der Waals surface area contributed by atoms with Gasteiger partial charge >= 0.3 is 0 Å². The van der Waals surface area contributed by atoms with Crippen molar-refractivity contribution in [2.75, 3.05) is 13.2 Å². The van der Waals surface area contributed by atoms with Crippen molar-refractivity contribution in [1.29, 1.82) is 0 Å². The lowest BCUT2D eigenvalue weighted by Gasteiger charge is -2.19. The summed E-state index contributed by atoms with van der Waals surface area (Å²) >= 11 is 0. The van der Waals surface area contributed by atoms with E-state index in [9.17, 15) is 4.79 Å². The maximum Gasteiger partial charge on any atom is 0.249 e. The summed E-state index contributed by atoms with van der Waals surface area (Å²) in [7, 11) is 0. The molecule has 1 fully saturated rings. The molecule has 0 radical (unpaired) electrons. The average molecular weight is 334 g/mol. The van der Waals surface area contributed by atoms with Gasteiger partial charge in [-0.25, -0.2) is 0 Å². The first-order valence-electron chi connectivity index (χ1n) is 8.83. The molecular formula is C21H22N2O2. The van der Waals surface area contributed by atoms with Gasteiger partial charge in [-0.05, 0) is 30.0 Å². The van der Waals surface area contributed by atoms with Gasteiger partial charge in [-0.15, -0.1) is 0 Å². The van der Waals surface area contributed by atoms with Crippen molar-refractivity contribution in [3.8, 4) is 0 Å². The van der Waals surface area contributed by atoms with Gasteiger partial charge in [0.2, 0.25) is 5.91 Å². The molecule has 2 N–H and O–H groups in total. The van der Waals surface area contributed by atoms with E-state index >= 15 is 0 Å². The number of fused-ring (bicyclic) bond motifs is 1. The van der Waals surface area contributed by atoms with Gasteiger partial charge in [0.25, 0.3) is 0 Å². The standard InChI is InChI=1S/C21H22N2O2/c24-21(20-11-6-12-25-20)23-13-17(15-7-2-1-3-8-15)18-14-22-19-10-5-4-9-16(18)19/h1-5,7-10,14,17,20,22H,6,11-13H2,(H,23,24)/t17-,20+/m0/s1. The van der Waals surface area contributed by atoms with Crippen LogP contribution in [-0.4, -0.2) is 30.1 Å². The third-order valence-corrected chi connectivity index (χ3v) is 4.90. The summed E-state index contributed by atoms with van der Waals surface area (Å²) in [4.78, 5) is 15.7. The first kappa shape index (κ1) is 15.9. The number of aromatic nitrogens is 1. The fourth-order valence-corrected chi connectivity index (χ4v) is 3.58. The number of ether oxygens (including phenoxy) is 1. The highest BCUT2D eigenvalue weighted by Crippen LogP contribution is 2.30. The van der Waals surface area contributed by atoms with E-state index in [1.807, 2.05) is 30.3 Å². The predicted octanol–water partition coefficient (Wildman–Crippen LogP) is 3.60. The van der Waals surface area contributed by atoms with Crippen molar-refractivity contribution in [3.05, 3.63) is 71.9 Å². The van der Waals surface area contributed by atoms with Gasteiger partial charge in [0.15, 0.2) is 0 Å². The molecule has 1 amide bonds. The molecular weight excluding hydrogens is 312 g/mol. The van der Waals surface area contributed by atoms with Crippen LogP contribution in [0.1, 0.15) is 29.9 Å². The Morgan fingerprint density at radius 1 is 1.16 bits per heavy atom. The molecule has 4 heteroatoms. The monoisotopic (exact) mass is 334 g/mol. The van der Waals surface area contributed by atoms with Crippen LogP contribution in [-0.2, 0) is 9.53 Å². The number of amides is 1. The number of hydrogen-bond donors (Lipinski definition) is 2. The second-order valence-electron chi connectivity index (χ2n) is 6.50. The van der Waals surface area contributed by atoms with Crippen LogP contribution in [0.4, 0.5) is 0 Å². The lowest BCUT2D eigenvalue weighted by atomic mass is 9.91. The van der Waals surface area contributed by atoms with Crippen LogP contribution in [0.15, 0.2) is 60.8 Å². The fraction of sp³-hybridized carbons (Fsp3) is 0.286. The van der Waals surface area contributed by atoms with Gasteiger partial charge in [0.1, 0.15) is 6.10 Å². The number of aromatic amines is 1. The summed E-state index contributed by atoms with van der Waals surface area (Å²) in [6, 6.07) is 18.6. The number of carbonyl (C=O) groups excluding carboxylic acids is 1. The van der Waals surface area contributed by atoms with Crippen LogP contribution < -0.4 is 5.32 Å². The molecule has 1 aliphatic heterocycles. The molecule has 1 saturated heterocycles. The highest BCUT2D eigenvalue weighted by molar-refractivity contribution is 5.85. The normalized spacial score (nSPS) is 18.3. The summed E-state index contributed by atoms with van der Waals surface area (Å²) in [5, 5.41) is 4.30. The summed E-state index contributed by atoms with van der Waals surface area (Å²) in [6.07, 6.45) is 3.54. The summed E-state index contributed by atoms with van der Waals surface area (Å²) in [6.45, 7) is 1.24. The number of benzene rings is 2. The van der Waals surface area contributed by atoms with Crippen LogP contribution in [0.2, 0.25) is 0 Å². The molecule has 0 spiro atoms. The van der Waals surface area contributed by atoms with E-state index in [2.05, 4.69) is 40.8 Å². The van der Waals surface area contributed by atoms with E-state index in [1.54, 1.807) is 0 Å². The number of carbonyl (C=O) groups is 1. The Hall–Kier alpha value is -2.59. The molecule has 0 bridgehead atoms. The second kappa shape index (κ2) is 7.11. The smallest absolute Gasteiger partial charge is 0.249 e. The lowest BCUT2D eigenvalue weighted by molar-refractivity contribution is -0.130. The van der Waals surface area contributed by atoms with Gasteiger partial charge in [-0.1, -0.05) is 48.5 Å². The van der Waals surface area contributed by atoms with E-state index in [1.165, 1.54) is 16.5 Å². The maximum absolute atomic E-state index is 12.4. The van der Waals surface area contributed by atoms with E-state index in [0.717, 1.165) is 18.4 Å². The fourth-order valence-electron chi connectivity index (χ4n) is 3.58. The zero-order valence-electron chi connectivity index (χ0n) is 14.1. The highest BCUT2D eigenvalue weighted by Gasteiger charge is 2.25. The first-order chi connectivity index (χ1) is 12.3. The molecule has 4 rings (SSSR count). The Balaban J connectivity index is 1.62. The van der Waals surface area contributed by atoms with Crippen molar-refractivity contribution in [3.63, 3.8) is 0 Å². The molecule has 0 aliphatic carbocycles. The average Bonchev–Trinajstić information content (AvgIpc) is 3.33. The first-order valence-corrected chi connectivity index (χ1v) is 8.83. The van der Waals surface area contributed by atoms with Gasteiger partial charge in [0, 0.05) is 36.2 Å². The topological polar surface area (TPSA) is 54.1 Å². The number of nitrogens with one attached hydrogen (secondary N) is 2. The minimum atomic E-state index is -0.292. The van der Waals surface area contributed by atoms with E-state index < -0.39 is 0 Å². The number of H-pyrrole nitrogens is 1. The molecule has 1 aliphatic rings. The summed E-state index contributed by atoms with van der Waals surface area (Å²) in [5.41, 5.74) is 3.51. The van der Waals surface area contributed by atoms with Crippen LogP contribution >= 0.6 is 0 Å². The number of para-hydroxylation sites is 1. The number of rotatable bonds is 5. The molecule has 2 aromatic carbocycles. The molecule has 4 nitrogen and oxygen atoms in total. The summed E-state index contributed by atoms with van der Waals surface area (Å²) in [5.74, 6) is 0.0981. The third kappa shape index (κ3) is 3.30. The SMILES string of the molecule is O=C(NC[C@@H](c1ccccc1)c1c[nH]c2ccccc12)[C@H]1CCCO1. The lowest BCUT2D eigenvalue weighted by Crippen LogP contribution is -2.36.